The number of aliphatic imine (C=N–C) groups is 1. The van der Waals surface area contributed by atoms with Gasteiger partial charge in [-0.1, -0.05) is 18.7 Å². The van der Waals surface area contributed by atoms with E-state index < -0.39 is 0 Å². The highest BCUT2D eigenvalue weighted by molar-refractivity contribution is 8.14. The van der Waals surface area contributed by atoms with Crippen LogP contribution in [0.5, 0.6) is 0 Å². The summed E-state index contributed by atoms with van der Waals surface area (Å²) in [6.07, 6.45) is 3.97. The van der Waals surface area contributed by atoms with Crippen molar-refractivity contribution in [3.05, 3.63) is 0 Å². The van der Waals surface area contributed by atoms with Gasteiger partial charge in [0, 0.05) is 17.8 Å². The zero-order valence-corrected chi connectivity index (χ0v) is 11.2. The molecule has 0 spiro atoms. The van der Waals surface area contributed by atoms with Crippen molar-refractivity contribution < 1.29 is 0 Å². The molecule has 16 heavy (non-hydrogen) atoms. The molecule has 92 valence electrons. The second kappa shape index (κ2) is 5.92. The van der Waals surface area contributed by atoms with Gasteiger partial charge in [0.2, 0.25) is 0 Å². The zero-order valence-electron chi connectivity index (χ0n) is 10.4. The Balaban J connectivity index is 1.67. The maximum Gasteiger partial charge on any atom is 0.156 e. The third-order valence-corrected chi connectivity index (χ3v) is 4.80. The van der Waals surface area contributed by atoms with Crippen LogP contribution in [0.1, 0.15) is 33.1 Å². The van der Waals surface area contributed by atoms with E-state index in [0.29, 0.717) is 11.3 Å². The molecule has 1 fully saturated rings. The Hall–Kier alpha value is -0.220. The Kier molecular flexibility index (Phi) is 4.53. The summed E-state index contributed by atoms with van der Waals surface area (Å²) in [5, 5.41) is 5.37. The lowest BCUT2D eigenvalue weighted by molar-refractivity contribution is 0.259. The number of likely N-dealkylation sites (tertiary alicyclic amines) is 1. The molecule has 0 radical (unpaired) electrons. The first kappa shape index (κ1) is 12.2. The maximum absolute atomic E-state index is 4.54. The van der Waals surface area contributed by atoms with Crippen LogP contribution in [-0.2, 0) is 0 Å². The molecule has 0 saturated carbocycles. The van der Waals surface area contributed by atoms with Crippen molar-refractivity contribution in [1.29, 1.82) is 0 Å². The topological polar surface area (TPSA) is 27.6 Å². The summed E-state index contributed by atoms with van der Waals surface area (Å²) in [7, 11) is 0. The Bertz CT molecular complexity index is 249. The van der Waals surface area contributed by atoms with E-state index in [1.165, 1.54) is 32.4 Å². The van der Waals surface area contributed by atoms with E-state index in [1.807, 2.05) is 11.8 Å². The van der Waals surface area contributed by atoms with Crippen molar-refractivity contribution >= 4 is 16.9 Å². The van der Waals surface area contributed by atoms with Gasteiger partial charge in [-0.25, -0.2) is 0 Å². The van der Waals surface area contributed by atoms with Crippen molar-refractivity contribution in [3.8, 4) is 0 Å². The number of nitrogens with one attached hydrogen (secondary N) is 1. The molecule has 0 amide bonds. The molecular formula is C12H23N3S. The molecule has 3 nitrogen and oxygen atoms in total. The van der Waals surface area contributed by atoms with Gasteiger partial charge >= 0.3 is 0 Å². The summed E-state index contributed by atoms with van der Waals surface area (Å²) < 4.78 is 0. The number of rotatable bonds is 4. The van der Waals surface area contributed by atoms with E-state index in [1.54, 1.807) is 0 Å². The van der Waals surface area contributed by atoms with Crippen molar-refractivity contribution in [3.63, 3.8) is 0 Å². The Morgan fingerprint density at radius 2 is 2.25 bits per heavy atom. The third-order valence-electron chi connectivity index (χ3n) is 3.48. The molecule has 1 N–H and O–H groups in total. The first-order valence-electron chi connectivity index (χ1n) is 6.48. The highest BCUT2D eigenvalue weighted by Crippen LogP contribution is 2.22. The van der Waals surface area contributed by atoms with Gasteiger partial charge in [-0.2, -0.15) is 0 Å². The van der Waals surface area contributed by atoms with Crippen LogP contribution in [0.4, 0.5) is 0 Å². The third kappa shape index (κ3) is 3.14. The minimum Gasteiger partial charge on any atom is -0.363 e. The molecule has 0 aromatic carbocycles. The van der Waals surface area contributed by atoms with Gasteiger partial charge in [0.1, 0.15) is 0 Å². The zero-order chi connectivity index (χ0) is 11.4. The van der Waals surface area contributed by atoms with E-state index in [2.05, 4.69) is 29.1 Å². The highest BCUT2D eigenvalue weighted by Gasteiger charge is 2.20. The van der Waals surface area contributed by atoms with Crippen LogP contribution in [-0.4, -0.2) is 47.5 Å². The normalized spacial score (nSPS) is 28.1. The molecule has 0 aliphatic carbocycles. The summed E-state index contributed by atoms with van der Waals surface area (Å²) in [5.74, 6) is 0. The summed E-state index contributed by atoms with van der Waals surface area (Å²) in [6, 6.07) is 0.645. The summed E-state index contributed by atoms with van der Waals surface area (Å²) in [6.45, 7) is 9.16. The number of hydrogen-bond acceptors (Lipinski definition) is 4. The van der Waals surface area contributed by atoms with E-state index in [-0.39, 0.29) is 0 Å². The molecule has 2 unspecified atom stereocenters. The Morgan fingerprint density at radius 1 is 1.50 bits per heavy atom. The van der Waals surface area contributed by atoms with Gasteiger partial charge < -0.3 is 5.32 Å². The molecule has 2 rings (SSSR count). The Morgan fingerprint density at radius 3 is 2.88 bits per heavy atom. The largest absolute Gasteiger partial charge is 0.363 e. The fourth-order valence-electron chi connectivity index (χ4n) is 2.27. The van der Waals surface area contributed by atoms with E-state index >= 15 is 0 Å². The smallest absolute Gasteiger partial charge is 0.156 e. The molecule has 0 bridgehead atoms. The average molecular weight is 241 g/mol. The predicted octanol–water partition coefficient (Wildman–Crippen LogP) is 1.94. The SMILES string of the molecule is CCC1CN=C(NCC(C)N2CCCC2)S1. The molecule has 0 aromatic heterocycles. The average Bonchev–Trinajstić information content (AvgIpc) is 2.96. The van der Waals surface area contributed by atoms with Gasteiger partial charge in [-0.3, -0.25) is 9.89 Å². The van der Waals surface area contributed by atoms with Gasteiger partial charge in [-0.05, 0) is 39.3 Å². The van der Waals surface area contributed by atoms with Crippen LogP contribution in [0.2, 0.25) is 0 Å². The summed E-state index contributed by atoms with van der Waals surface area (Å²) >= 11 is 1.92. The number of thioether (sulfide) groups is 1. The Labute approximate surface area is 103 Å². The summed E-state index contributed by atoms with van der Waals surface area (Å²) in [4.78, 5) is 7.11. The van der Waals surface area contributed by atoms with Crippen LogP contribution in [0.15, 0.2) is 4.99 Å². The maximum atomic E-state index is 4.54. The first-order chi connectivity index (χ1) is 7.79. The molecule has 2 heterocycles. The standard InChI is InChI=1S/C12H23N3S/c1-3-11-9-14-12(16-11)13-8-10(2)15-6-4-5-7-15/h10-11H,3-9H2,1-2H3,(H,13,14). The fourth-order valence-corrected chi connectivity index (χ4v) is 3.22. The lowest BCUT2D eigenvalue weighted by atomic mass is 10.3. The van der Waals surface area contributed by atoms with Gasteiger partial charge in [-0.15, -0.1) is 0 Å². The fraction of sp³-hybridized carbons (Fsp3) is 0.917. The van der Waals surface area contributed by atoms with Crippen molar-refractivity contribution in [1.82, 2.24) is 10.2 Å². The molecular weight excluding hydrogens is 218 g/mol. The van der Waals surface area contributed by atoms with E-state index in [4.69, 9.17) is 0 Å². The second-order valence-electron chi connectivity index (χ2n) is 4.77. The quantitative estimate of drug-likeness (QED) is 0.815. The second-order valence-corrected chi connectivity index (χ2v) is 6.06. The minimum absolute atomic E-state index is 0.645. The molecule has 4 heteroatoms. The molecule has 1 saturated heterocycles. The molecule has 2 aliphatic heterocycles. The molecule has 0 aromatic rings. The molecule has 2 aliphatic rings. The van der Waals surface area contributed by atoms with Crippen LogP contribution in [0, 0.1) is 0 Å². The van der Waals surface area contributed by atoms with Crippen molar-refractivity contribution in [2.45, 2.75) is 44.4 Å². The van der Waals surface area contributed by atoms with E-state index in [9.17, 15) is 0 Å². The van der Waals surface area contributed by atoms with Crippen LogP contribution >= 0.6 is 11.8 Å². The van der Waals surface area contributed by atoms with Gasteiger partial charge in [0.15, 0.2) is 5.17 Å². The number of nitrogens with zero attached hydrogens (tertiary/aromatic N) is 2. The molecule has 2 atom stereocenters. The number of hydrogen-bond donors (Lipinski definition) is 1. The predicted molar refractivity (Wildman–Crippen MR) is 72.2 cm³/mol. The van der Waals surface area contributed by atoms with Gasteiger partial charge in [0.25, 0.3) is 0 Å². The van der Waals surface area contributed by atoms with Crippen LogP contribution in [0.3, 0.4) is 0 Å². The van der Waals surface area contributed by atoms with Crippen molar-refractivity contribution in [2.75, 3.05) is 26.2 Å². The van der Waals surface area contributed by atoms with Crippen LogP contribution < -0.4 is 5.32 Å². The van der Waals surface area contributed by atoms with Crippen molar-refractivity contribution in [2.24, 2.45) is 4.99 Å². The lowest BCUT2D eigenvalue weighted by Crippen LogP contribution is -2.39. The monoisotopic (exact) mass is 241 g/mol. The van der Waals surface area contributed by atoms with Crippen LogP contribution in [0.25, 0.3) is 0 Å². The first-order valence-corrected chi connectivity index (χ1v) is 7.36. The summed E-state index contributed by atoms with van der Waals surface area (Å²) in [5.41, 5.74) is 0. The van der Waals surface area contributed by atoms with Gasteiger partial charge in [0.05, 0.1) is 6.54 Å². The van der Waals surface area contributed by atoms with E-state index in [0.717, 1.165) is 18.3 Å². The lowest BCUT2D eigenvalue weighted by Gasteiger charge is -2.24. The highest BCUT2D eigenvalue weighted by atomic mass is 32.2. The minimum atomic E-state index is 0.645. The number of amidine groups is 1.